The minimum absolute atomic E-state index is 0. The van der Waals surface area contributed by atoms with Gasteiger partial charge in [-0.25, -0.2) is 0 Å². The maximum atomic E-state index is 2.30. The van der Waals surface area contributed by atoms with Gasteiger partial charge in [-0.05, 0) is 25.7 Å². The second-order valence-corrected chi connectivity index (χ2v) is 16.6. The first-order chi connectivity index (χ1) is 21.1. The summed E-state index contributed by atoms with van der Waals surface area (Å²) in [5.74, 6) is 0. The van der Waals surface area contributed by atoms with Gasteiger partial charge in [0.25, 0.3) is 0 Å². The Morgan fingerprint density at radius 1 is 0.239 bits per heavy atom. The molecule has 0 saturated carbocycles. The smallest absolute Gasteiger partial charge is 0.0780 e. The summed E-state index contributed by atoms with van der Waals surface area (Å²) >= 11 is 0. The summed E-state index contributed by atoms with van der Waals surface area (Å²) in [4.78, 5) is 0. The lowest BCUT2D eigenvalue weighted by molar-refractivity contribution is -0.870. The normalized spacial score (nSPS) is 11.5. The predicted molar refractivity (Wildman–Crippen MR) is 205 cm³/mol. The van der Waals surface area contributed by atoms with Crippen LogP contribution >= 0.6 is 0 Å². The van der Waals surface area contributed by atoms with Gasteiger partial charge in [-0.1, -0.05) is 194 Å². The zero-order chi connectivity index (χ0) is 33.0. The monoisotopic (exact) mass is 787 g/mol. The van der Waals surface area contributed by atoms with E-state index in [-0.39, 0.29) is 36.4 Å². The van der Waals surface area contributed by atoms with Crippen LogP contribution in [0.1, 0.15) is 219 Å². The first-order valence-corrected chi connectivity index (χ1v) is 20.7. The molecule has 0 heterocycles. The van der Waals surface area contributed by atoms with Gasteiger partial charge in [0.1, 0.15) is 0 Å². The molecule has 0 amide bonds. The molecule has 284 valence electrons. The first-order valence-electron chi connectivity index (χ1n) is 20.7. The van der Waals surface area contributed by atoms with Gasteiger partial charge >= 0.3 is 0 Å². The molecule has 0 N–H and O–H groups in total. The molecule has 0 saturated heterocycles. The predicted octanol–water partition coefficient (Wildman–Crippen LogP) is 7.92. The molecule has 4 heteroatoms. The van der Waals surface area contributed by atoms with E-state index in [0.717, 1.165) is 8.97 Å². The van der Waals surface area contributed by atoms with Crippen molar-refractivity contribution in [2.45, 2.75) is 219 Å². The minimum atomic E-state index is 0. The van der Waals surface area contributed by atoms with Crippen molar-refractivity contribution in [2.75, 3.05) is 55.4 Å². The van der Waals surface area contributed by atoms with Crippen molar-refractivity contribution in [1.29, 1.82) is 0 Å². The molecule has 0 atom stereocenters. The molecule has 0 aromatic heterocycles. The van der Waals surface area contributed by atoms with Crippen molar-refractivity contribution in [2.24, 2.45) is 0 Å². The average molecular weight is 788 g/mol. The third-order valence-electron chi connectivity index (χ3n) is 9.36. The molecule has 0 aromatic carbocycles. The van der Waals surface area contributed by atoms with Gasteiger partial charge in [0, 0.05) is 0 Å². The standard InChI is InChI=1S/2C21H46N.ClH.HI/c2*1-5-6-7-8-9-10-11-12-13-14-15-16-17-18-19-20-21-22(2,3)4;;/h2*5-21H2,1-4H3;2*1H/q2*+1;;/p-2. The van der Waals surface area contributed by atoms with Crippen LogP contribution in [0.4, 0.5) is 0 Å². The minimum Gasteiger partial charge on any atom is -1.00 e. The number of nitrogens with zero attached hydrogens (tertiary/aromatic N) is 2. The van der Waals surface area contributed by atoms with Gasteiger partial charge < -0.3 is 45.3 Å². The summed E-state index contributed by atoms with van der Waals surface area (Å²) in [5, 5.41) is 0. The Morgan fingerprint density at radius 2 is 0.370 bits per heavy atom. The van der Waals surface area contributed by atoms with E-state index in [0.29, 0.717) is 0 Å². The maximum absolute atomic E-state index is 2.30. The highest BCUT2D eigenvalue weighted by Crippen LogP contribution is 2.15. The zero-order valence-electron chi connectivity index (χ0n) is 33.7. The van der Waals surface area contributed by atoms with Crippen LogP contribution < -0.4 is 36.4 Å². The third kappa shape index (κ3) is 57.2. The highest BCUT2D eigenvalue weighted by atomic mass is 127. The molecule has 0 bridgehead atoms. The number of quaternary nitrogens is 2. The first kappa shape index (κ1) is 53.7. The van der Waals surface area contributed by atoms with Crippen LogP contribution in [0.25, 0.3) is 0 Å². The van der Waals surface area contributed by atoms with E-state index in [9.17, 15) is 0 Å². The molecule has 0 spiro atoms. The van der Waals surface area contributed by atoms with Crippen LogP contribution in [-0.4, -0.2) is 64.3 Å². The lowest BCUT2D eigenvalue weighted by Gasteiger charge is -2.23. The fraction of sp³-hybridized carbons (Fsp3) is 1.00. The van der Waals surface area contributed by atoms with Gasteiger partial charge in [-0.3, -0.25) is 0 Å². The molecule has 2 nitrogen and oxygen atoms in total. The lowest BCUT2D eigenvalue weighted by atomic mass is 10.0. The Bertz CT molecular complexity index is 469. The fourth-order valence-electron chi connectivity index (χ4n) is 6.27. The Balaban J connectivity index is -0.000000367. The Kier molecular flexibility index (Phi) is 49.2. The number of halogens is 2. The molecular formula is C42H92ClIN2. The molecule has 0 aromatic rings. The summed E-state index contributed by atoms with van der Waals surface area (Å²) in [6.07, 6.45) is 46.7. The molecule has 0 rings (SSSR count). The van der Waals surface area contributed by atoms with Crippen LogP contribution in [0.2, 0.25) is 0 Å². The van der Waals surface area contributed by atoms with Crippen LogP contribution in [0.5, 0.6) is 0 Å². The van der Waals surface area contributed by atoms with Crippen LogP contribution in [0.3, 0.4) is 0 Å². The van der Waals surface area contributed by atoms with E-state index in [1.54, 1.807) is 0 Å². The summed E-state index contributed by atoms with van der Waals surface area (Å²) in [7, 11) is 13.8. The Labute approximate surface area is 318 Å². The summed E-state index contributed by atoms with van der Waals surface area (Å²) in [6.45, 7) is 7.26. The highest BCUT2D eigenvalue weighted by molar-refractivity contribution is 4.51. The van der Waals surface area contributed by atoms with Gasteiger partial charge in [0.2, 0.25) is 0 Å². The molecular weight excluding hydrogens is 695 g/mol. The Hall–Kier alpha value is 0.940. The second-order valence-electron chi connectivity index (χ2n) is 16.6. The quantitative estimate of drug-likeness (QED) is 0.0354. The molecule has 46 heavy (non-hydrogen) atoms. The fourth-order valence-corrected chi connectivity index (χ4v) is 6.27. The Morgan fingerprint density at radius 3 is 0.500 bits per heavy atom. The molecule has 0 fully saturated rings. The van der Waals surface area contributed by atoms with E-state index in [1.807, 2.05) is 0 Å². The van der Waals surface area contributed by atoms with Crippen LogP contribution in [0.15, 0.2) is 0 Å². The highest BCUT2D eigenvalue weighted by Gasteiger charge is 2.06. The number of unbranched alkanes of at least 4 members (excludes halogenated alkanes) is 30. The topological polar surface area (TPSA) is 0 Å². The van der Waals surface area contributed by atoms with E-state index in [1.165, 1.54) is 219 Å². The van der Waals surface area contributed by atoms with Crippen molar-refractivity contribution in [3.8, 4) is 0 Å². The summed E-state index contributed by atoms with van der Waals surface area (Å²) in [5.41, 5.74) is 0. The van der Waals surface area contributed by atoms with Crippen LogP contribution in [-0.2, 0) is 0 Å². The van der Waals surface area contributed by atoms with Gasteiger partial charge in [-0.2, -0.15) is 0 Å². The lowest BCUT2D eigenvalue weighted by Crippen LogP contribution is -3.00. The van der Waals surface area contributed by atoms with E-state index in [2.05, 4.69) is 56.1 Å². The van der Waals surface area contributed by atoms with Crippen molar-refractivity contribution < 1.29 is 45.3 Å². The largest absolute Gasteiger partial charge is 1.00 e. The van der Waals surface area contributed by atoms with E-state index < -0.39 is 0 Å². The average Bonchev–Trinajstić information content (AvgIpc) is 2.96. The SMILES string of the molecule is CCCCCCCCCCCCCCCCCC[N+](C)(C)C.CCCCCCCCCCCCCCCCCC[N+](C)(C)C.[Cl-].[I-]. The molecule has 0 aliphatic heterocycles. The van der Waals surface area contributed by atoms with Crippen LogP contribution in [0, 0.1) is 0 Å². The van der Waals surface area contributed by atoms with Crippen molar-refractivity contribution in [3.63, 3.8) is 0 Å². The summed E-state index contributed by atoms with van der Waals surface area (Å²) < 4.78 is 2.25. The van der Waals surface area contributed by atoms with E-state index in [4.69, 9.17) is 0 Å². The van der Waals surface area contributed by atoms with Crippen molar-refractivity contribution in [3.05, 3.63) is 0 Å². The van der Waals surface area contributed by atoms with Gasteiger partial charge in [0.15, 0.2) is 0 Å². The maximum Gasteiger partial charge on any atom is 0.0780 e. The zero-order valence-corrected chi connectivity index (χ0v) is 36.6. The van der Waals surface area contributed by atoms with E-state index >= 15 is 0 Å². The van der Waals surface area contributed by atoms with Crippen molar-refractivity contribution in [1.82, 2.24) is 0 Å². The summed E-state index contributed by atoms with van der Waals surface area (Å²) in [6, 6.07) is 0. The second kappa shape index (κ2) is 42.1. The molecule has 0 aliphatic carbocycles. The number of hydrogen-bond acceptors (Lipinski definition) is 0. The molecule has 0 aliphatic rings. The molecule has 0 radical (unpaired) electrons. The third-order valence-corrected chi connectivity index (χ3v) is 9.36. The van der Waals surface area contributed by atoms with Gasteiger partial charge in [-0.15, -0.1) is 0 Å². The number of hydrogen-bond donors (Lipinski definition) is 0. The van der Waals surface area contributed by atoms with Gasteiger partial charge in [0.05, 0.1) is 55.4 Å². The number of rotatable bonds is 34. The van der Waals surface area contributed by atoms with Crippen molar-refractivity contribution >= 4 is 0 Å². The molecule has 0 unspecified atom stereocenters.